The van der Waals surface area contributed by atoms with Crippen LogP contribution in [0.25, 0.3) is 5.70 Å². The van der Waals surface area contributed by atoms with Crippen molar-refractivity contribution in [2.75, 3.05) is 5.32 Å². The summed E-state index contributed by atoms with van der Waals surface area (Å²) in [7, 11) is 0. The lowest BCUT2D eigenvalue weighted by molar-refractivity contribution is 0.591. The molecule has 0 unspecified atom stereocenters. The van der Waals surface area contributed by atoms with Crippen LogP contribution in [0.5, 0.6) is 0 Å². The average molecular weight is 330 g/mol. The lowest BCUT2D eigenvalue weighted by Gasteiger charge is -2.23. The molecular weight excluding hydrogens is 318 g/mol. The van der Waals surface area contributed by atoms with Gasteiger partial charge in [-0.1, -0.05) is 28.8 Å². The second-order valence-electron chi connectivity index (χ2n) is 5.07. The van der Waals surface area contributed by atoms with E-state index in [2.05, 4.69) is 45.3 Å². The van der Waals surface area contributed by atoms with Crippen molar-refractivity contribution in [3.05, 3.63) is 62.8 Å². The number of nitrogens with zero attached hydrogens (tertiary/aromatic N) is 4. The molecule has 1 aliphatic rings. The number of fused-ring (bicyclic) bond motifs is 1. The number of rotatable bonds is 2. The van der Waals surface area contributed by atoms with Crippen molar-refractivity contribution in [2.24, 2.45) is 0 Å². The number of tetrazole rings is 1. The van der Waals surface area contributed by atoms with Crippen molar-refractivity contribution in [1.29, 1.82) is 0 Å². The predicted molar refractivity (Wildman–Crippen MR) is 88.1 cm³/mol. The van der Waals surface area contributed by atoms with Gasteiger partial charge in [0.2, 0.25) is 5.95 Å². The van der Waals surface area contributed by atoms with Crippen LogP contribution in [-0.4, -0.2) is 20.2 Å². The summed E-state index contributed by atoms with van der Waals surface area (Å²) in [6.07, 6.45) is 2.14. The minimum Gasteiger partial charge on any atom is -0.323 e. The van der Waals surface area contributed by atoms with E-state index >= 15 is 0 Å². The fourth-order valence-electron chi connectivity index (χ4n) is 2.53. The molecule has 1 aromatic carbocycles. The standard InChI is InChI=1S/C15H12ClN5S/c1-9-6-7-22-14(9)13-8-12(10-2-4-11(16)5-3-10)17-15-18-19-20-21(13)15/h2-8,13H,1H3,(H,17,18,20)/t13-/m0/s1. The Balaban J connectivity index is 1.82. The Hall–Kier alpha value is -2.18. The van der Waals surface area contributed by atoms with E-state index in [0.29, 0.717) is 5.95 Å². The molecule has 4 rings (SSSR count). The summed E-state index contributed by atoms with van der Waals surface area (Å²) in [5.74, 6) is 0.644. The molecule has 0 spiro atoms. The van der Waals surface area contributed by atoms with Crippen molar-refractivity contribution in [2.45, 2.75) is 13.0 Å². The third-order valence-electron chi connectivity index (χ3n) is 3.65. The van der Waals surface area contributed by atoms with E-state index in [9.17, 15) is 0 Å². The molecule has 1 N–H and O–H groups in total. The van der Waals surface area contributed by atoms with Crippen LogP contribution in [0.2, 0.25) is 5.02 Å². The highest BCUT2D eigenvalue weighted by Crippen LogP contribution is 2.35. The maximum atomic E-state index is 5.97. The largest absolute Gasteiger partial charge is 0.323 e. The SMILES string of the molecule is Cc1ccsc1[C@@H]1C=C(c2ccc(Cl)cc2)Nc2nnnn21. The quantitative estimate of drug-likeness (QED) is 0.778. The third kappa shape index (κ3) is 2.20. The smallest absolute Gasteiger partial charge is 0.248 e. The summed E-state index contributed by atoms with van der Waals surface area (Å²) in [4.78, 5) is 1.24. The molecule has 1 aliphatic heterocycles. The lowest BCUT2D eigenvalue weighted by Crippen LogP contribution is -2.20. The highest BCUT2D eigenvalue weighted by atomic mass is 35.5. The Morgan fingerprint density at radius 2 is 2.05 bits per heavy atom. The van der Waals surface area contributed by atoms with E-state index in [1.54, 1.807) is 16.0 Å². The van der Waals surface area contributed by atoms with Gasteiger partial charge >= 0.3 is 0 Å². The van der Waals surface area contributed by atoms with Crippen LogP contribution in [-0.2, 0) is 0 Å². The Bertz CT molecular complexity index is 849. The molecule has 5 nitrogen and oxygen atoms in total. The number of benzene rings is 1. The molecule has 0 saturated heterocycles. The Kier molecular flexibility index (Phi) is 3.20. The van der Waals surface area contributed by atoms with Crippen LogP contribution in [0.1, 0.15) is 22.0 Å². The Labute approximate surface area is 136 Å². The van der Waals surface area contributed by atoms with Crippen molar-refractivity contribution in [1.82, 2.24) is 20.2 Å². The second kappa shape index (κ2) is 5.23. The van der Waals surface area contributed by atoms with E-state index in [1.807, 2.05) is 24.3 Å². The fraction of sp³-hybridized carbons (Fsp3) is 0.133. The van der Waals surface area contributed by atoms with E-state index < -0.39 is 0 Å². The predicted octanol–water partition coefficient (Wildman–Crippen LogP) is 3.75. The summed E-state index contributed by atoms with van der Waals surface area (Å²) in [5.41, 5.74) is 3.28. The van der Waals surface area contributed by atoms with Crippen LogP contribution < -0.4 is 5.32 Å². The molecule has 7 heteroatoms. The van der Waals surface area contributed by atoms with Crippen LogP contribution >= 0.6 is 22.9 Å². The third-order valence-corrected chi connectivity index (χ3v) is 4.99. The van der Waals surface area contributed by atoms with Crippen LogP contribution in [0, 0.1) is 6.92 Å². The molecule has 22 heavy (non-hydrogen) atoms. The van der Waals surface area contributed by atoms with E-state index in [0.717, 1.165) is 16.3 Å². The minimum atomic E-state index is -0.00284. The molecule has 3 heterocycles. The second-order valence-corrected chi connectivity index (χ2v) is 6.46. The zero-order valence-corrected chi connectivity index (χ0v) is 13.3. The monoisotopic (exact) mass is 329 g/mol. The lowest BCUT2D eigenvalue weighted by atomic mass is 10.1. The van der Waals surface area contributed by atoms with Gasteiger partial charge in [-0.15, -0.1) is 11.3 Å². The van der Waals surface area contributed by atoms with Gasteiger partial charge in [0.1, 0.15) is 6.04 Å². The highest BCUT2D eigenvalue weighted by molar-refractivity contribution is 7.10. The summed E-state index contributed by atoms with van der Waals surface area (Å²) < 4.78 is 1.80. The van der Waals surface area contributed by atoms with Crippen LogP contribution in [0.4, 0.5) is 5.95 Å². The molecule has 0 bridgehead atoms. The first-order valence-corrected chi connectivity index (χ1v) is 8.05. The number of halogens is 1. The van der Waals surface area contributed by atoms with Gasteiger partial charge in [-0.2, -0.15) is 4.68 Å². The number of nitrogens with one attached hydrogen (secondary N) is 1. The fourth-order valence-corrected chi connectivity index (χ4v) is 3.63. The highest BCUT2D eigenvalue weighted by Gasteiger charge is 2.26. The number of allylic oxidation sites excluding steroid dienone is 1. The average Bonchev–Trinajstić information content (AvgIpc) is 3.15. The first-order valence-electron chi connectivity index (χ1n) is 6.79. The summed E-state index contributed by atoms with van der Waals surface area (Å²) in [5, 5.41) is 18.0. The Morgan fingerprint density at radius 3 is 2.77 bits per heavy atom. The Morgan fingerprint density at radius 1 is 1.23 bits per heavy atom. The zero-order chi connectivity index (χ0) is 15.1. The topological polar surface area (TPSA) is 55.6 Å². The van der Waals surface area contributed by atoms with Gasteiger partial charge in [-0.3, -0.25) is 0 Å². The number of aryl methyl sites for hydroxylation is 1. The number of hydrogen-bond acceptors (Lipinski definition) is 5. The molecule has 0 saturated carbocycles. The van der Waals surface area contributed by atoms with Gasteiger partial charge < -0.3 is 5.32 Å². The molecule has 3 aromatic rings. The normalized spacial score (nSPS) is 16.8. The number of aromatic nitrogens is 4. The summed E-state index contributed by atoms with van der Waals surface area (Å²) in [6.45, 7) is 2.10. The van der Waals surface area contributed by atoms with Crippen LogP contribution in [0.15, 0.2) is 41.8 Å². The first-order chi connectivity index (χ1) is 10.7. The molecular formula is C15H12ClN5S. The van der Waals surface area contributed by atoms with E-state index in [4.69, 9.17) is 11.6 Å². The van der Waals surface area contributed by atoms with Crippen molar-refractivity contribution < 1.29 is 0 Å². The molecule has 110 valence electrons. The first kappa shape index (κ1) is 13.5. The van der Waals surface area contributed by atoms with Gasteiger partial charge in [-0.25, -0.2) is 0 Å². The molecule has 0 amide bonds. The number of anilines is 1. The maximum absolute atomic E-state index is 5.97. The molecule has 0 radical (unpaired) electrons. The van der Waals surface area contributed by atoms with Gasteiger partial charge in [-0.05, 0) is 58.1 Å². The van der Waals surface area contributed by atoms with Gasteiger partial charge in [0.25, 0.3) is 0 Å². The molecule has 1 atom stereocenters. The summed E-state index contributed by atoms with van der Waals surface area (Å²) in [6, 6.07) is 9.84. The van der Waals surface area contributed by atoms with E-state index in [-0.39, 0.29) is 6.04 Å². The van der Waals surface area contributed by atoms with Crippen molar-refractivity contribution in [3.8, 4) is 0 Å². The van der Waals surface area contributed by atoms with Crippen LogP contribution in [0.3, 0.4) is 0 Å². The molecule has 0 aliphatic carbocycles. The van der Waals surface area contributed by atoms with E-state index in [1.165, 1.54) is 10.4 Å². The summed E-state index contributed by atoms with van der Waals surface area (Å²) >= 11 is 7.68. The number of hydrogen-bond donors (Lipinski definition) is 1. The minimum absolute atomic E-state index is 0.00284. The molecule has 2 aromatic heterocycles. The maximum Gasteiger partial charge on any atom is 0.248 e. The van der Waals surface area contributed by atoms with Crippen molar-refractivity contribution >= 4 is 34.6 Å². The van der Waals surface area contributed by atoms with Gasteiger partial charge in [0.05, 0.1) is 0 Å². The zero-order valence-electron chi connectivity index (χ0n) is 11.7. The number of thiophene rings is 1. The van der Waals surface area contributed by atoms with Gasteiger partial charge in [0.15, 0.2) is 0 Å². The van der Waals surface area contributed by atoms with Gasteiger partial charge in [0, 0.05) is 15.6 Å². The van der Waals surface area contributed by atoms with Crippen molar-refractivity contribution in [3.63, 3.8) is 0 Å². The molecule has 0 fully saturated rings.